The van der Waals surface area contributed by atoms with Crippen molar-refractivity contribution in [2.45, 2.75) is 53.1 Å². The number of aryl methyl sites for hydroxylation is 1. The van der Waals surface area contributed by atoms with E-state index in [1.807, 2.05) is 39.1 Å². The summed E-state index contributed by atoms with van der Waals surface area (Å²) in [4.78, 5) is 18.7. The van der Waals surface area contributed by atoms with Gasteiger partial charge in [0.1, 0.15) is 5.60 Å². The molecule has 0 saturated carbocycles. The van der Waals surface area contributed by atoms with Crippen LogP contribution >= 0.6 is 0 Å². The smallest absolute Gasteiger partial charge is 0.414 e. The highest BCUT2D eigenvalue weighted by Crippen LogP contribution is 2.29. The summed E-state index contributed by atoms with van der Waals surface area (Å²) in [6.45, 7) is 10.6. The molecule has 0 bridgehead atoms. The Labute approximate surface area is 133 Å². The van der Waals surface area contributed by atoms with Crippen LogP contribution in [0.15, 0.2) is 24.4 Å². The second-order valence-electron chi connectivity index (χ2n) is 6.91. The molecule has 2 rings (SSSR count). The molecule has 4 heteroatoms. The highest BCUT2D eigenvalue weighted by atomic mass is 16.6. The van der Waals surface area contributed by atoms with Crippen molar-refractivity contribution in [3.8, 4) is 0 Å². The van der Waals surface area contributed by atoms with Crippen LogP contribution in [-0.4, -0.2) is 28.1 Å². The zero-order chi connectivity index (χ0) is 16.3. The van der Waals surface area contributed by atoms with Gasteiger partial charge in [0.05, 0.1) is 5.70 Å². The van der Waals surface area contributed by atoms with Crippen molar-refractivity contribution in [2.75, 3.05) is 6.54 Å². The van der Waals surface area contributed by atoms with Gasteiger partial charge in [-0.25, -0.2) is 4.79 Å². The number of carbonyl (C=O) groups is 1. The van der Waals surface area contributed by atoms with Crippen LogP contribution in [0.4, 0.5) is 4.79 Å². The number of hydrogen-bond acceptors (Lipinski definition) is 3. The van der Waals surface area contributed by atoms with Crippen molar-refractivity contribution in [3.05, 3.63) is 35.7 Å². The Morgan fingerprint density at radius 2 is 2.14 bits per heavy atom. The van der Waals surface area contributed by atoms with Gasteiger partial charge in [0, 0.05) is 24.0 Å². The maximum Gasteiger partial charge on any atom is 0.414 e. The monoisotopic (exact) mass is 302 g/mol. The van der Waals surface area contributed by atoms with Gasteiger partial charge in [0.25, 0.3) is 0 Å². The first-order chi connectivity index (χ1) is 10.3. The molecule has 0 radical (unpaired) electrons. The van der Waals surface area contributed by atoms with Crippen molar-refractivity contribution in [1.82, 2.24) is 9.88 Å². The normalized spacial score (nSPS) is 18.9. The molecule has 1 aliphatic heterocycles. The third-order valence-corrected chi connectivity index (χ3v) is 3.60. The van der Waals surface area contributed by atoms with Crippen LogP contribution in [-0.2, 0) is 11.2 Å². The minimum absolute atomic E-state index is 0.287. The van der Waals surface area contributed by atoms with Crippen LogP contribution in [0, 0.1) is 5.92 Å². The van der Waals surface area contributed by atoms with Crippen LogP contribution < -0.4 is 0 Å². The molecule has 0 aliphatic carbocycles. The molecule has 120 valence electrons. The largest absolute Gasteiger partial charge is 0.443 e. The number of rotatable bonds is 2. The molecule has 0 N–H and O–H groups in total. The molecule has 0 fully saturated rings. The SMILES string of the molecule is CCc1ccc(C2=CCC(C)CN2C(=O)OC(C)(C)C)cn1. The number of amides is 1. The Morgan fingerprint density at radius 3 is 2.68 bits per heavy atom. The topological polar surface area (TPSA) is 42.4 Å². The summed E-state index contributed by atoms with van der Waals surface area (Å²) in [5.74, 6) is 0.430. The fourth-order valence-electron chi connectivity index (χ4n) is 2.46. The molecule has 1 amide bonds. The lowest BCUT2D eigenvalue weighted by Crippen LogP contribution is -2.39. The molecule has 0 aromatic carbocycles. The van der Waals surface area contributed by atoms with Gasteiger partial charge in [-0.1, -0.05) is 19.9 Å². The van der Waals surface area contributed by atoms with E-state index in [9.17, 15) is 4.79 Å². The van der Waals surface area contributed by atoms with Crippen LogP contribution in [0.5, 0.6) is 0 Å². The van der Waals surface area contributed by atoms with Crippen molar-refractivity contribution in [1.29, 1.82) is 0 Å². The van der Waals surface area contributed by atoms with Crippen molar-refractivity contribution in [2.24, 2.45) is 5.92 Å². The summed E-state index contributed by atoms with van der Waals surface area (Å²) >= 11 is 0. The molecular weight excluding hydrogens is 276 g/mol. The van der Waals surface area contributed by atoms with E-state index in [0.29, 0.717) is 12.5 Å². The van der Waals surface area contributed by atoms with Crippen LogP contribution in [0.2, 0.25) is 0 Å². The summed E-state index contributed by atoms with van der Waals surface area (Å²) in [6.07, 6.45) is 5.54. The van der Waals surface area contributed by atoms with Crippen molar-refractivity contribution >= 4 is 11.8 Å². The molecule has 1 aromatic heterocycles. The molecule has 1 aromatic rings. The molecule has 2 heterocycles. The fourth-order valence-corrected chi connectivity index (χ4v) is 2.46. The van der Waals surface area contributed by atoms with Gasteiger partial charge in [-0.15, -0.1) is 0 Å². The Morgan fingerprint density at radius 1 is 1.41 bits per heavy atom. The van der Waals surface area contributed by atoms with Gasteiger partial charge in [0.2, 0.25) is 0 Å². The third kappa shape index (κ3) is 4.09. The minimum Gasteiger partial charge on any atom is -0.443 e. The zero-order valence-electron chi connectivity index (χ0n) is 14.2. The minimum atomic E-state index is -0.493. The predicted octanol–water partition coefficient (Wildman–Crippen LogP) is 4.26. The Balaban J connectivity index is 2.27. The van der Waals surface area contributed by atoms with Crippen molar-refractivity contribution < 1.29 is 9.53 Å². The molecule has 22 heavy (non-hydrogen) atoms. The highest BCUT2D eigenvalue weighted by Gasteiger charge is 2.29. The van der Waals surface area contributed by atoms with Crippen LogP contribution in [0.25, 0.3) is 5.70 Å². The predicted molar refractivity (Wildman–Crippen MR) is 88.3 cm³/mol. The van der Waals surface area contributed by atoms with E-state index >= 15 is 0 Å². The van der Waals surface area contributed by atoms with E-state index in [1.54, 1.807) is 4.90 Å². The second-order valence-corrected chi connectivity index (χ2v) is 6.91. The highest BCUT2D eigenvalue weighted by molar-refractivity contribution is 5.82. The number of nitrogens with zero attached hydrogens (tertiary/aromatic N) is 2. The summed E-state index contributed by atoms with van der Waals surface area (Å²) < 4.78 is 5.55. The average Bonchev–Trinajstić information content (AvgIpc) is 2.45. The summed E-state index contributed by atoms with van der Waals surface area (Å²) in [5.41, 5.74) is 2.43. The average molecular weight is 302 g/mol. The van der Waals surface area contributed by atoms with E-state index < -0.39 is 5.60 Å². The summed E-state index contributed by atoms with van der Waals surface area (Å²) in [5, 5.41) is 0. The fraction of sp³-hybridized carbons (Fsp3) is 0.556. The van der Waals surface area contributed by atoms with E-state index in [-0.39, 0.29) is 6.09 Å². The van der Waals surface area contributed by atoms with Gasteiger partial charge < -0.3 is 4.74 Å². The number of aromatic nitrogens is 1. The molecule has 4 nitrogen and oxygen atoms in total. The van der Waals surface area contributed by atoms with Crippen molar-refractivity contribution in [3.63, 3.8) is 0 Å². The number of allylic oxidation sites excluding steroid dienone is 1. The van der Waals surface area contributed by atoms with E-state index in [2.05, 4.69) is 24.9 Å². The molecule has 1 unspecified atom stereocenters. The Hall–Kier alpha value is -1.84. The van der Waals surface area contributed by atoms with Gasteiger partial charge in [-0.2, -0.15) is 0 Å². The first kappa shape index (κ1) is 16.5. The second kappa shape index (κ2) is 6.51. The lowest BCUT2D eigenvalue weighted by Gasteiger charge is -2.33. The van der Waals surface area contributed by atoms with Gasteiger partial charge in [0.15, 0.2) is 0 Å². The zero-order valence-corrected chi connectivity index (χ0v) is 14.2. The molecule has 0 spiro atoms. The summed E-state index contributed by atoms with van der Waals surface area (Å²) in [6, 6.07) is 4.05. The van der Waals surface area contributed by atoms with Gasteiger partial charge in [-0.3, -0.25) is 9.88 Å². The first-order valence-corrected chi connectivity index (χ1v) is 7.96. The standard InChI is InChI=1S/C18H26N2O2/c1-6-15-9-8-14(11-19-15)16-10-7-13(2)12-20(16)17(21)22-18(3,4)5/h8-11,13H,6-7,12H2,1-5H3. The Kier molecular flexibility index (Phi) is 4.89. The van der Waals surface area contributed by atoms with E-state index in [0.717, 1.165) is 29.8 Å². The van der Waals surface area contributed by atoms with Crippen LogP contribution in [0.1, 0.15) is 52.3 Å². The quantitative estimate of drug-likeness (QED) is 0.819. The molecule has 0 saturated heterocycles. The molecule has 1 atom stereocenters. The summed E-state index contributed by atoms with van der Waals surface area (Å²) in [7, 11) is 0. The van der Waals surface area contributed by atoms with Gasteiger partial charge in [-0.05, 0) is 51.7 Å². The number of pyridine rings is 1. The third-order valence-electron chi connectivity index (χ3n) is 3.60. The maximum absolute atomic E-state index is 12.5. The van der Waals surface area contributed by atoms with Crippen LogP contribution in [0.3, 0.4) is 0 Å². The number of hydrogen-bond donors (Lipinski definition) is 0. The first-order valence-electron chi connectivity index (χ1n) is 7.96. The van der Waals surface area contributed by atoms with Gasteiger partial charge >= 0.3 is 6.09 Å². The number of ether oxygens (including phenoxy) is 1. The lowest BCUT2D eigenvalue weighted by molar-refractivity contribution is 0.0327. The molecule has 1 aliphatic rings. The van der Waals surface area contributed by atoms with E-state index in [4.69, 9.17) is 4.74 Å². The Bertz CT molecular complexity index is 555. The lowest BCUT2D eigenvalue weighted by atomic mass is 9.99. The maximum atomic E-state index is 12.5. The van der Waals surface area contributed by atoms with E-state index in [1.165, 1.54) is 0 Å². The molecular formula is C18H26N2O2. The number of carbonyl (C=O) groups excluding carboxylic acids is 1.